The molecule has 63 heavy (non-hydrogen) atoms. The van der Waals surface area contributed by atoms with Crippen LogP contribution in [0.4, 0.5) is 17.1 Å². The third kappa shape index (κ3) is 6.02. The maximum atomic E-state index is 6.49. The van der Waals surface area contributed by atoms with Crippen LogP contribution in [-0.2, 0) is 5.41 Å². The lowest BCUT2D eigenvalue weighted by Crippen LogP contribution is -2.35. The second kappa shape index (κ2) is 15.2. The molecule has 1 aromatic heterocycles. The van der Waals surface area contributed by atoms with E-state index < -0.39 is 0 Å². The lowest BCUT2D eigenvalue weighted by atomic mass is 9.63. The topological polar surface area (TPSA) is 16.4 Å². The van der Waals surface area contributed by atoms with Crippen LogP contribution in [-0.4, -0.2) is 0 Å². The quantitative estimate of drug-likeness (QED) is 0.152. The highest BCUT2D eigenvalue weighted by molar-refractivity contribution is 6.09. The third-order valence-corrected chi connectivity index (χ3v) is 13.5. The molecular formula is C61H43NO. The SMILES string of the molecule is C1=CC2c3ccccc3C(c3ccccc3)(c3ccc(N(c4ccc(-c5cccc6c5oc5ccccc56)cc4)c4ccccc4-c4cccc(-c5ccccc5)c4)cc3)C2C=C1. The normalized spacial score (nSPS) is 17.5. The molecular weight excluding hydrogens is 763 g/mol. The molecule has 1 heterocycles. The minimum Gasteiger partial charge on any atom is -0.455 e. The molecule has 9 aromatic carbocycles. The zero-order chi connectivity index (χ0) is 41.7. The molecule has 2 aliphatic rings. The van der Waals surface area contributed by atoms with Crippen molar-refractivity contribution in [1.29, 1.82) is 0 Å². The molecule has 2 heteroatoms. The van der Waals surface area contributed by atoms with Crippen LogP contribution in [0.2, 0.25) is 0 Å². The average molecular weight is 806 g/mol. The standard InChI is InChI=1S/C61H43NO/c1-3-17-42(18-4-1)44-19-15-20-45(41-44)50-23-9-13-31-58(50)62(48-37-33-43(34-38-48)51-27-16-28-55-54-26-10-14-32-59(54)63-60(51)55)49-39-35-47(36-40-49)61(46-21-5-2-6-22-46)56-29-11-7-24-52(56)53-25-8-12-30-57(53)61/h1-41,52,56H. The molecule has 0 saturated heterocycles. The summed E-state index contributed by atoms with van der Waals surface area (Å²) < 4.78 is 6.49. The van der Waals surface area contributed by atoms with E-state index in [0.717, 1.165) is 61.3 Å². The van der Waals surface area contributed by atoms with Crippen molar-refractivity contribution in [1.82, 2.24) is 0 Å². The molecule has 0 amide bonds. The van der Waals surface area contributed by atoms with Crippen LogP contribution in [0.5, 0.6) is 0 Å². The minimum absolute atomic E-state index is 0.241. The number of para-hydroxylation sites is 3. The Hall–Kier alpha value is -7.94. The van der Waals surface area contributed by atoms with Gasteiger partial charge in [0.2, 0.25) is 0 Å². The molecule has 2 nitrogen and oxygen atoms in total. The van der Waals surface area contributed by atoms with Gasteiger partial charge in [-0.1, -0.05) is 206 Å². The lowest BCUT2D eigenvalue weighted by Gasteiger charge is -2.39. The smallest absolute Gasteiger partial charge is 0.143 e. The van der Waals surface area contributed by atoms with Crippen molar-refractivity contribution in [2.75, 3.05) is 4.90 Å². The van der Waals surface area contributed by atoms with E-state index in [0.29, 0.717) is 5.92 Å². The van der Waals surface area contributed by atoms with Gasteiger partial charge in [-0.05, 0) is 87.0 Å². The molecule has 0 bridgehead atoms. The van der Waals surface area contributed by atoms with Gasteiger partial charge in [0.15, 0.2) is 0 Å². The Morgan fingerprint density at radius 1 is 0.413 bits per heavy atom. The van der Waals surface area contributed by atoms with Gasteiger partial charge in [-0.2, -0.15) is 0 Å². The summed E-state index contributed by atoms with van der Waals surface area (Å²) in [7, 11) is 0. The number of hydrogen-bond acceptors (Lipinski definition) is 2. The Labute approximate surface area is 368 Å². The highest BCUT2D eigenvalue weighted by Gasteiger charge is 2.52. The fourth-order valence-corrected chi connectivity index (χ4v) is 10.7. The van der Waals surface area contributed by atoms with E-state index in [9.17, 15) is 0 Å². The molecule has 0 radical (unpaired) electrons. The number of rotatable bonds is 8. The van der Waals surface area contributed by atoms with Crippen molar-refractivity contribution in [3.63, 3.8) is 0 Å². The van der Waals surface area contributed by atoms with Crippen LogP contribution in [0.1, 0.15) is 28.2 Å². The van der Waals surface area contributed by atoms with E-state index in [1.807, 2.05) is 12.1 Å². The van der Waals surface area contributed by atoms with Gasteiger partial charge in [-0.15, -0.1) is 0 Å². The minimum atomic E-state index is -0.359. The van der Waals surface area contributed by atoms with Gasteiger partial charge in [-0.25, -0.2) is 0 Å². The molecule has 0 fully saturated rings. The molecule has 10 aromatic rings. The summed E-state index contributed by atoms with van der Waals surface area (Å²) in [6.45, 7) is 0. The highest BCUT2D eigenvalue weighted by Crippen LogP contribution is 2.59. The van der Waals surface area contributed by atoms with Crippen LogP contribution in [0.3, 0.4) is 0 Å². The summed E-state index contributed by atoms with van der Waals surface area (Å²) in [6, 6.07) is 81.8. The monoisotopic (exact) mass is 805 g/mol. The molecule has 12 rings (SSSR count). The summed E-state index contributed by atoms with van der Waals surface area (Å²) in [5.41, 5.74) is 17.0. The van der Waals surface area contributed by atoms with Crippen LogP contribution in [0.15, 0.2) is 253 Å². The van der Waals surface area contributed by atoms with Crippen molar-refractivity contribution in [2.45, 2.75) is 11.3 Å². The Morgan fingerprint density at radius 3 is 1.86 bits per heavy atom. The van der Waals surface area contributed by atoms with E-state index in [1.54, 1.807) is 0 Å². The predicted molar refractivity (Wildman–Crippen MR) is 262 cm³/mol. The number of anilines is 3. The summed E-state index contributed by atoms with van der Waals surface area (Å²) in [4.78, 5) is 2.42. The summed E-state index contributed by atoms with van der Waals surface area (Å²) >= 11 is 0. The molecule has 298 valence electrons. The van der Waals surface area contributed by atoms with Gasteiger partial charge in [0.05, 0.1) is 11.1 Å². The first kappa shape index (κ1) is 36.9. The fourth-order valence-electron chi connectivity index (χ4n) is 10.7. The molecule has 0 N–H and O–H groups in total. The number of allylic oxidation sites excluding steroid dienone is 4. The average Bonchev–Trinajstić information content (AvgIpc) is 3.90. The summed E-state index contributed by atoms with van der Waals surface area (Å²) in [5.74, 6) is 0.538. The van der Waals surface area contributed by atoms with Crippen molar-refractivity contribution >= 4 is 39.0 Å². The van der Waals surface area contributed by atoms with E-state index in [2.05, 4.69) is 242 Å². The van der Waals surface area contributed by atoms with Crippen LogP contribution >= 0.6 is 0 Å². The van der Waals surface area contributed by atoms with E-state index >= 15 is 0 Å². The van der Waals surface area contributed by atoms with Crippen LogP contribution < -0.4 is 4.90 Å². The zero-order valence-corrected chi connectivity index (χ0v) is 34.7. The largest absolute Gasteiger partial charge is 0.455 e. The second-order valence-electron chi connectivity index (χ2n) is 16.8. The molecule has 3 atom stereocenters. The van der Waals surface area contributed by atoms with Crippen LogP contribution in [0.25, 0.3) is 55.3 Å². The molecule has 0 spiro atoms. The first-order chi connectivity index (χ1) is 31.3. The van der Waals surface area contributed by atoms with Gasteiger partial charge < -0.3 is 9.32 Å². The lowest BCUT2D eigenvalue weighted by molar-refractivity contribution is 0.457. The van der Waals surface area contributed by atoms with Gasteiger partial charge in [0.25, 0.3) is 0 Å². The van der Waals surface area contributed by atoms with Gasteiger partial charge in [0, 0.05) is 45.1 Å². The van der Waals surface area contributed by atoms with Crippen molar-refractivity contribution in [2.24, 2.45) is 5.92 Å². The number of hydrogen-bond donors (Lipinski definition) is 0. The Bertz CT molecular complexity index is 3340. The Morgan fingerprint density at radius 2 is 1.02 bits per heavy atom. The van der Waals surface area contributed by atoms with Crippen LogP contribution in [0, 0.1) is 5.92 Å². The molecule has 2 aliphatic carbocycles. The Kier molecular flexibility index (Phi) is 8.90. The number of furan rings is 1. The maximum Gasteiger partial charge on any atom is 0.143 e. The van der Waals surface area contributed by atoms with E-state index in [1.165, 1.54) is 33.4 Å². The van der Waals surface area contributed by atoms with Gasteiger partial charge in [-0.3, -0.25) is 0 Å². The number of fused-ring (bicyclic) bond motifs is 6. The number of benzene rings is 9. The Balaban J connectivity index is 1.02. The highest BCUT2D eigenvalue weighted by atomic mass is 16.3. The molecule has 3 unspecified atom stereocenters. The van der Waals surface area contributed by atoms with Crippen molar-refractivity contribution < 1.29 is 4.42 Å². The van der Waals surface area contributed by atoms with E-state index in [-0.39, 0.29) is 11.3 Å². The third-order valence-electron chi connectivity index (χ3n) is 13.5. The van der Waals surface area contributed by atoms with E-state index in [4.69, 9.17) is 4.42 Å². The van der Waals surface area contributed by atoms with Crippen molar-refractivity contribution in [3.05, 3.63) is 271 Å². The summed E-state index contributed by atoms with van der Waals surface area (Å²) in [6.07, 6.45) is 9.29. The first-order valence-corrected chi connectivity index (χ1v) is 21.9. The fraction of sp³-hybridized carbons (Fsp3) is 0.0492. The second-order valence-corrected chi connectivity index (χ2v) is 16.8. The van der Waals surface area contributed by atoms with Crippen molar-refractivity contribution in [3.8, 4) is 33.4 Å². The van der Waals surface area contributed by atoms with Gasteiger partial charge in [0.1, 0.15) is 11.2 Å². The number of nitrogens with zero attached hydrogens (tertiary/aromatic N) is 1. The zero-order valence-electron chi connectivity index (χ0n) is 34.7. The van der Waals surface area contributed by atoms with Gasteiger partial charge >= 0.3 is 0 Å². The predicted octanol–water partition coefficient (Wildman–Crippen LogP) is 16.2. The maximum absolute atomic E-state index is 6.49. The molecule has 0 aliphatic heterocycles. The first-order valence-electron chi connectivity index (χ1n) is 21.9. The summed E-state index contributed by atoms with van der Waals surface area (Å²) in [5, 5.41) is 2.26. The molecule has 0 saturated carbocycles.